The van der Waals surface area contributed by atoms with E-state index >= 15 is 0 Å². The average molecular weight is 169 g/mol. The van der Waals surface area contributed by atoms with E-state index in [1.165, 1.54) is 22.2 Å². The number of aromatic nitrogens is 1. The number of H-pyrrole nitrogens is 1. The third-order valence-corrected chi connectivity index (χ3v) is 2.51. The molecule has 0 fully saturated rings. The molecule has 0 saturated carbocycles. The van der Waals surface area contributed by atoms with Crippen LogP contribution in [0.3, 0.4) is 0 Å². The van der Waals surface area contributed by atoms with Crippen LogP contribution in [0.25, 0.3) is 10.9 Å². The second kappa shape index (κ2) is 2.60. The molecule has 0 spiro atoms. The van der Waals surface area contributed by atoms with Crippen LogP contribution in [0, 0.1) is 6.54 Å². The SMILES string of the molecule is [C]1Cc2c([nH]c3ccccc23)C[N]1. The van der Waals surface area contributed by atoms with Crippen molar-refractivity contribution in [1.82, 2.24) is 10.3 Å². The van der Waals surface area contributed by atoms with Crippen LogP contribution in [0.2, 0.25) is 0 Å². The smallest absolute Gasteiger partial charge is 0.0841 e. The first-order valence-electron chi connectivity index (χ1n) is 4.43. The van der Waals surface area contributed by atoms with Gasteiger partial charge in [0, 0.05) is 16.6 Å². The molecule has 0 amide bonds. The highest BCUT2D eigenvalue weighted by molar-refractivity contribution is 5.84. The molecule has 2 nitrogen and oxygen atoms in total. The Labute approximate surface area is 77.0 Å². The summed E-state index contributed by atoms with van der Waals surface area (Å²) in [6, 6.07) is 8.38. The number of fused-ring (bicyclic) bond motifs is 3. The summed E-state index contributed by atoms with van der Waals surface area (Å²) in [4.78, 5) is 3.38. The van der Waals surface area contributed by atoms with Crippen LogP contribution < -0.4 is 5.32 Å². The zero-order valence-electron chi connectivity index (χ0n) is 7.17. The molecule has 0 unspecified atom stereocenters. The molecule has 1 aromatic carbocycles. The van der Waals surface area contributed by atoms with Crippen LogP contribution in [0.5, 0.6) is 0 Å². The van der Waals surface area contributed by atoms with Crippen molar-refractivity contribution in [3.05, 3.63) is 42.1 Å². The maximum absolute atomic E-state index is 4.13. The summed E-state index contributed by atoms with van der Waals surface area (Å²) in [6.45, 7) is 3.78. The second-order valence-electron chi connectivity index (χ2n) is 3.28. The molecular formula is C11H9N2. The first-order valence-corrected chi connectivity index (χ1v) is 4.43. The molecule has 2 heteroatoms. The standard InChI is InChI=1S/C11H9N2/c1-2-4-10-8(3-1)9-5-6-12-7-11(9)13-10/h1-4,13H,5,7H2. The van der Waals surface area contributed by atoms with Crippen molar-refractivity contribution in [2.75, 3.05) is 0 Å². The zero-order valence-corrected chi connectivity index (χ0v) is 7.17. The summed E-state index contributed by atoms with van der Waals surface area (Å²) in [5.74, 6) is 0. The van der Waals surface area contributed by atoms with Crippen LogP contribution in [-0.2, 0) is 13.0 Å². The third-order valence-electron chi connectivity index (χ3n) is 2.51. The molecule has 0 atom stereocenters. The van der Waals surface area contributed by atoms with E-state index in [2.05, 4.69) is 41.1 Å². The van der Waals surface area contributed by atoms with Gasteiger partial charge in [0.1, 0.15) is 0 Å². The van der Waals surface area contributed by atoms with Gasteiger partial charge < -0.3 is 4.98 Å². The number of nitrogens with zero attached hydrogens (tertiary/aromatic N) is 1. The number of para-hydroxylation sites is 1. The number of aromatic amines is 1. The lowest BCUT2D eigenvalue weighted by molar-refractivity contribution is 0.702. The second-order valence-corrected chi connectivity index (χ2v) is 3.28. The molecule has 0 aliphatic carbocycles. The minimum Gasteiger partial charge on any atom is -0.357 e. The van der Waals surface area contributed by atoms with Gasteiger partial charge in [-0.05, 0) is 18.1 Å². The predicted molar refractivity (Wildman–Crippen MR) is 51.1 cm³/mol. The molecule has 1 aliphatic heterocycles. The number of hydrogen-bond donors (Lipinski definition) is 1. The maximum Gasteiger partial charge on any atom is 0.0841 e. The highest BCUT2D eigenvalue weighted by Crippen LogP contribution is 2.25. The van der Waals surface area contributed by atoms with Gasteiger partial charge in [-0.15, -0.1) is 0 Å². The summed E-state index contributed by atoms with van der Waals surface area (Å²) in [5.41, 5.74) is 3.83. The summed E-state index contributed by atoms with van der Waals surface area (Å²) >= 11 is 0. The van der Waals surface area contributed by atoms with Gasteiger partial charge in [-0.1, -0.05) is 18.2 Å². The Morgan fingerprint density at radius 1 is 1.31 bits per heavy atom. The van der Waals surface area contributed by atoms with Gasteiger partial charge in [0.25, 0.3) is 0 Å². The fraction of sp³-hybridized carbons (Fsp3) is 0.182. The summed E-state index contributed by atoms with van der Waals surface area (Å²) in [5, 5.41) is 5.45. The quantitative estimate of drug-likeness (QED) is 0.624. The summed E-state index contributed by atoms with van der Waals surface area (Å²) in [7, 11) is 0. The molecule has 2 aromatic rings. The Hall–Kier alpha value is -1.28. The van der Waals surface area contributed by atoms with Gasteiger partial charge >= 0.3 is 0 Å². The lowest BCUT2D eigenvalue weighted by Crippen LogP contribution is -2.11. The largest absolute Gasteiger partial charge is 0.357 e. The van der Waals surface area contributed by atoms with E-state index in [1.807, 2.05) is 0 Å². The average Bonchev–Trinajstić information content (AvgIpc) is 2.56. The van der Waals surface area contributed by atoms with Crippen LogP contribution in [0.4, 0.5) is 0 Å². The Morgan fingerprint density at radius 3 is 3.23 bits per heavy atom. The van der Waals surface area contributed by atoms with Gasteiger partial charge in [-0.3, -0.25) is 0 Å². The number of nitrogens with one attached hydrogen (secondary N) is 1. The van der Waals surface area contributed by atoms with Gasteiger partial charge in [0.05, 0.1) is 13.1 Å². The van der Waals surface area contributed by atoms with Gasteiger partial charge in [-0.2, -0.15) is 0 Å². The highest BCUT2D eigenvalue weighted by atomic mass is 14.9. The lowest BCUT2D eigenvalue weighted by Gasteiger charge is -2.09. The minimum absolute atomic E-state index is 0.754. The van der Waals surface area contributed by atoms with Crippen molar-refractivity contribution in [3.8, 4) is 0 Å². The summed E-state index contributed by atoms with van der Waals surface area (Å²) < 4.78 is 0. The van der Waals surface area contributed by atoms with E-state index in [4.69, 9.17) is 0 Å². The molecule has 0 bridgehead atoms. The maximum atomic E-state index is 4.13. The van der Waals surface area contributed by atoms with E-state index in [0.29, 0.717) is 0 Å². The fourth-order valence-electron chi connectivity index (χ4n) is 1.86. The molecular weight excluding hydrogens is 160 g/mol. The lowest BCUT2D eigenvalue weighted by atomic mass is 10.1. The van der Waals surface area contributed by atoms with Crippen LogP contribution in [0.15, 0.2) is 24.3 Å². The molecule has 0 saturated heterocycles. The monoisotopic (exact) mass is 169 g/mol. The van der Waals surface area contributed by atoms with Gasteiger partial charge in [0.2, 0.25) is 0 Å². The number of hydrogen-bond acceptors (Lipinski definition) is 0. The Kier molecular flexibility index (Phi) is 1.43. The zero-order chi connectivity index (χ0) is 8.67. The number of rotatable bonds is 0. The molecule has 1 N–H and O–H groups in total. The van der Waals surface area contributed by atoms with Gasteiger partial charge in [-0.25, -0.2) is 5.32 Å². The number of benzene rings is 1. The summed E-state index contributed by atoms with van der Waals surface area (Å²) in [6.07, 6.45) is 0.847. The van der Waals surface area contributed by atoms with Crippen molar-refractivity contribution in [1.29, 1.82) is 0 Å². The van der Waals surface area contributed by atoms with Crippen molar-refractivity contribution < 1.29 is 0 Å². The van der Waals surface area contributed by atoms with E-state index in [1.54, 1.807) is 0 Å². The first-order chi connectivity index (χ1) is 6.45. The molecule has 2 heterocycles. The van der Waals surface area contributed by atoms with Crippen LogP contribution in [0.1, 0.15) is 11.3 Å². The van der Waals surface area contributed by atoms with Crippen molar-refractivity contribution >= 4 is 10.9 Å². The van der Waals surface area contributed by atoms with Crippen molar-refractivity contribution in [2.24, 2.45) is 0 Å². The topological polar surface area (TPSA) is 29.9 Å². The molecule has 3 rings (SSSR count). The minimum atomic E-state index is 0.754. The predicted octanol–water partition coefficient (Wildman–Crippen LogP) is 1.87. The third kappa shape index (κ3) is 0.988. The Balaban J connectivity index is 2.34. The fourth-order valence-corrected chi connectivity index (χ4v) is 1.86. The first kappa shape index (κ1) is 7.15. The van der Waals surface area contributed by atoms with E-state index in [-0.39, 0.29) is 0 Å². The van der Waals surface area contributed by atoms with E-state index in [9.17, 15) is 0 Å². The molecule has 3 radical (unpaired) electrons. The van der Waals surface area contributed by atoms with Crippen molar-refractivity contribution in [2.45, 2.75) is 13.0 Å². The van der Waals surface area contributed by atoms with Crippen molar-refractivity contribution in [3.63, 3.8) is 0 Å². The van der Waals surface area contributed by atoms with E-state index in [0.717, 1.165) is 13.0 Å². The highest BCUT2D eigenvalue weighted by Gasteiger charge is 2.14. The molecule has 1 aromatic heterocycles. The Morgan fingerprint density at radius 2 is 2.23 bits per heavy atom. The molecule has 1 aliphatic rings. The van der Waals surface area contributed by atoms with Crippen LogP contribution >= 0.6 is 0 Å². The van der Waals surface area contributed by atoms with Gasteiger partial charge in [0.15, 0.2) is 0 Å². The Bertz CT molecular complexity index is 442. The van der Waals surface area contributed by atoms with Crippen LogP contribution in [-0.4, -0.2) is 4.98 Å². The van der Waals surface area contributed by atoms with E-state index < -0.39 is 0 Å². The normalized spacial score (nSPS) is 16.0. The molecule has 63 valence electrons. The molecule has 13 heavy (non-hydrogen) atoms.